The van der Waals surface area contributed by atoms with Gasteiger partial charge in [0, 0.05) is 36.9 Å². The summed E-state index contributed by atoms with van der Waals surface area (Å²) in [6.45, 7) is 2.40. The van der Waals surface area contributed by atoms with Crippen molar-refractivity contribution in [3.05, 3.63) is 59.9 Å². The molecule has 2 aromatic rings. The van der Waals surface area contributed by atoms with Crippen LogP contribution in [0, 0.1) is 0 Å². The Labute approximate surface area is 152 Å². The van der Waals surface area contributed by atoms with E-state index in [1.54, 1.807) is 18.0 Å². The Kier molecular flexibility index (Phi) is 5.43. The van der Waals surface area contributed by atoms with Crippen LogP contribution in [0.15, 0.2) is 53.7 Å². The van der Waals surface area contributed by atoms with Crippen LogP contribution in [-0.2, 0) is 11.2 Å². The number of halogens is 1. The van der Waals surface area contributed by atoms with Gasteiger partial charge in [-0.15, -0.1) is 24.2 Å². The molecule has 0 radical (unpaired) electrons. The highest BCUT2D eigenvalue weighted by Gasteiger charge is 2.35. The molecule has 1 aromatic carbocycles. The second-order valence-corrected chi connectivity index (χ2v) is 7.20. The molecule has 1 N–H and O–H groups in total. The third-order valence-corrected chi connectivity index (χ3v) is 5.82. The van der Waals surface area contributed by atoms with E-state index in [9.17, 15) is 4.79 Å². The molecule has 2 aliphatic heterocycles. The highest BCUT2D eigenvalue weighted by atomic mass is 35.5. The smallest absolute Gasteiger partial charge is 0.237 e. The van der Waals surface area contributed by atoms with Crippen LogP contribution in [0.25, 0.3) is 0 Å². The molecule has 2 unspecified atom stereocenters. The van der Waals surface area contributed by atoms with Gasteiger partial charge in [-0.25, -0.2) is 0 Å². The van der Waals surface area contributed by atoms with Gasteiger partial charge in [0.1, 0.15) is 0 Å². The van der Waals surface area contributed by atoms with E-state index in [1.807, 2.05) is 23.2 Å². The first-order chi connectivity index (χ1) is 11.3. The van der Waals surface area contributed by atoms with Crippen LogP contribution in [-0.4, -0.2) is 40.7 Å². The number of benzene rings is 1. The zero-order chi connectivity index (χ0) is 15.6. The van der Waals surface area contributed by atoms with Crippen molar-refractivity contribution >= 4 is 30.1 Å². The van der Waals surface area contributed by atoms with Crippen LogP contribution in [0.1, 0.15) is 17.2 Å². The van der Waals surface area contributed by atoms with Gasteiger partial charge < -0.3 is 10.2 Å². The molecule has 126 valence electrons. The number of amides is 1. The molecule has 1 amide bonds. The molecule has 1 fully saturated rings. The number of pyridine rings is 1. The zero-order valence-electron chi connectivity index (χ0n) is 13.2. The fourth-order valence-electron chi connectivity index (χ4n) is 3.34. The van der Waals surface area contributed by atoms with E-state index >= 15 is 0 Å². The largest absolute Gasteiger partial charge is 0.332 e. The second kappa shape index (κ2) is 7.55. The van der Waals surface area contributed by atoms with Crippen molar-refractivity contribution in [3.8, 4) is 0 Å². The topological polar surface area (TPSA) is 45.2 Å². The number of nitrogens with one attached hydrogen (secondary N) is 1. The first-order valence-corrected chi connectivity index (χ1v) is 8.86. The molecule has 0 spiro atoms. The number of hydrogen-bond donors (Lipinski definition) is 1. The first-order valence-electron chi connectivity index (χ1n) is 7.98. The summed E-state index contributed by atoms with van der Waals surface area (Å²) >= 11 is 1.71. The third kappa shape index (κ3) is 3.29. The molecular formula is C18H20ClN3OS. The van der Waals surface area contributed by atoms with Crippen LogP contribution in [0.5, 0.6) is 0 Å². The molecular weight excluding hydrogens is 342 g/mol. The number of nitrogens with zero attached hydrogens (tertiary/aromatic N) is 2. The Bertz CT molecular complexity index is 687. The van der Waals surface area contributed by atoms with Gasteiger partial charge in [0.15, 0.2) is 0 Å². The normalized spacial score (nSPS) is 22.6. The van der Waals surface area contributed by atoms with Crippen molar-refractivity contribution in [2.45, 2.75) is 22.6 Å². The monoisotopic (exact) mass is 361 g/mol. The molecule has 6 heteroatoms. The van der Waals surface area contributed by atoms with Crippen molar-refractivity contribution in [1.82, 2.24) is 15.2 Å². The summed E-state index contributed by atoms with van der Waals surface area (Å²) in [5, 5.41) is 3.40. The van der Waals surface area contributed by atoms with E-state index in [1.165, 1.54) is 10.5 Å². The lowest BCUT2D eigenvalue weighted by Crippen LogP contribution is -2.51. The summed E-state index contributed by atoms with van der Waals surface area (Å²) in [5.41, 5.74) is 2.40. The number of hydrogen-bond acceptors (Lipinski definition) is 4. The van der Waals surface area contributed by atoms with Gasteiger partial charge in [0.05, 0.1) is 11.3 Å². The number of fused-ring (bicyclic) bond motifs is 1. The Morgan fingerprint density at radius 1 is 1.25 bits per heavy atom. The van der Waals surface area contributed by atoms with Gasteiger partial charge in [-0.1, -0.05) is 24.3 Å². The second-order valence-electron chi connectivity index (χ2n) is 5.96. The standard InChI is InChI=1S/C18H19N3OS.ClH/c22-18(17-10-13-4-1-2-6-16(13)23-17)21-9-8-20-12-15(21)14-5-3-7-19-11-14;/h1-7,11,15,17,20H,8-10,12H2;1H. The molecule has 2 atom stereocenters. The Morgan fingerprint density at radius 3 is 2.92 bits per heavy atom. The molecule has 0 bridgehead atoms. The van der Waals surface area contributed by atoms with Crippen molar-refractivity contribution in [2.24, 2.45) is 0 Å². The van der Waals surface area contributed by atoms with Gasteiger partial charge >= 0.3 is 0 Å². The van der Waals surface area contributed by atoms with Gasteiger partial charge in [-0.2, -0.15) is 0 Å². The molecule has 3 heterocycles. The average Bonchev–Trinajstić information content (AvgIpc) is 3.06. The number of piperazine rings is 1. The number of thioether (sulfide) groups is 1. The number of aromatic nitrogens is 1. The molecule has 1 aromatic heterocycles. The van der Waals surface area contributed by atoms with Gasteiger partial charge in [0.2, 0.25) is 5.91 Å². The SMILES string of the molecule is Cl.O=C(C1Cc2ccccc2S1)N1CCNCC1c1cccnc1. The average molecular weight is 362 g/mol. The van der Waals surface area contributed by atoms with Gasteiger partial charge in [0.25, 0.3) is 0 Å². The summed E-state index contributed by atoms with van der Waals surface area (Å²) in [4.78, 5) is 20.6. The predicted molar refractivity (Wildman–Crippen MR) is 98.6 cm³/mol. The maximum absolute atomic E-state index is 13.1. The lowest BCUT2D eigenvalue weighted by atomic mass is 10.0. The maximum atomic E-state index is 13.1. The third-order valence-electron chi connectivity index (χ3n) is 4.52. The molecule has 0 aliphatic carbocycles. The molecule has 4 nitrogen and oxygen atoms in total. The molecule has 0 saturated carbocycles. The van der Waals surface area contributed by atoms with E-state index in [0.29, 0.717) is 0 Å². The van der Waals surface area contributed by atoms with E-state index in [2.05, 4.69) is 34.6 Å². The Hall–Kier alpha value is -1.56. The van der Waals surface area contributed by atoms with Crippen molar-refractivity contribution < 1.29 is 4.79 Å². The minimum absolute atomic E-state index is 0. The fourth-order valence-corrected chi connectivity index (χ4v) is 4.61. The van der Waals surface area contributed by atoms with Crippen LogP contribution in [0.3, 0.4) is 0 Å². The van der Waals surface area contributed by atoms with Crippen molar-refractivity contribution in [1.29, 1.82) is 0 Å². The lowest BCUT2D eigenvalue weighted by molar-refractivity contribution is -0.133. The minimum Gasteiger partial charge on any atom is -0.332 e. The van der Waals surface area contributed by atoms with Crippen LogP contribution < -0.4 is 5.32 Å². The molecule has 1 saturated heterocycles. The van der Waals surface area contributed by atoms with E-state index in [-0.39, 0.29) is 29.6 Å². The number of carbonyl (C=O) groups excluding carboxylic acids is 1. The lowest BCUT2D eigenvalue weighted by Gasteiger charge is -2.37. The van der Waals surface area contributed by atoms with E-state index < -0.39 is 0 Å². The van der Waals surface area contributed by atoms with Crippen molar-refractivity contribution in [3.63, 3.8) is 0 Å². The first kappa shape index (κ1) is 17.3. The minimum atomic E-state index is 0. The van der Waals surface area contributed by atoms with Gasteiger partial charge in [-0.3, -0.25) is 9.78 Å². The summed E-state index contributed by atoms with van der Waals surface area (Å²) in [6.07, 6.45) is 4.48. The summed E-state index contributed by atoms with van der Waals surface area (Å²) in [5.74, 6) is 0.251. The van der Waals surface area contributed by atoms with Crippen LogP contribution in [0.4, 0.5) is 0 Å². The van der Waals surface area contributed by atoms with Crippen molar-refractivity contribution in [2.75, 3.05) is 19.6 Å². The van der Waals surface area contributed by atoms with Crippen LogP contribution >= 0.6 is 24.2 Å². The highest BCUT2D eigenvalue weighted by Crippen LogP contribution is 2.38. The molecule has 4 rings (SSSR count). The predicted octanol–water partition coefficient (Wildman–Crippen LogP) is 2.69. The summed E-state index contributed by atoms with van der Waals surface area (Å²) < 4.78 is 0. The maximum Gasteiger partial charge on any atom is 0.237 e. The van der Waals surface area contributed by atoms with Crippen LogP contribution in [0.2, 0.25) is 0 Å². The molecule has 2 aliphatic rings. The highest BCUT2D eigenvalue weighted by molar-refractivity contribution is 8.01. The zero-order valence-corrected chi connectivity index (χ0v) is 14.9. The number of carbonyl (C=O) groups is 1. The Balaban J connectivity index is 0.00000169. The fraction of sp³-hybridized carbons (Fsp3) is 0.333. The quantitative estimate of drug-likeness (QED) is 0.893. The van der Waals surface area contributed by atoms with Gasteiger partial charge in [-0.05, 0) is 29.7 Å². The molecule has 24 heavy (non-hydrogen) atoms. The summed E-state index contributed by atoms with van der Waals surface area (Å²) in [7, 11) is 0. The summed E-state index contributed by atoms with van der Waals surface area (Å²) in [6, 6.07) is 12.4. The number of rotatable bonds is 2. The van der Waals surface area contributed by atoms with E-state index in [4.69, 9.17) is 0 Å². The van der Waals surface area contributed by atoms with E-state index in [0.717, 1.165) is 31.6 Å². The Morgan fingerprint density at radius 2 is 2.12 bits per heavy atom.